The molecule has 0 spiro atoms. The van der Waals surface area contributed by atoms with Crippen LogP contribution in [-0.4, -0.2) is 31.0 Å². The quantitative estimate of drug-likeness (QED) is 0.316. The highest BCUT2D eigenvalue weighted by Gasteiger charge is 2.27. The van der Waals surface area contributed by atoms with Gasteiger partial charge < -0.3 is 14.2 Å². The highest BCUT2D eigenvalue weighted by atomic mass is 16.6. The van der Waals surface area contributed by atoms with Crippen molar-refractivity contribution in [3.8, 4) is 11.5 Å². The molecule has 0 bridgehead atoms. The van der Waals surface area contributed by atoms with E-state index in [2.05, 4.69) is 25.8 Å². The monoisotopic (exact) mass is 410 g/mol. The first kappa shape index (κ1) is 21.0. The number of aliphatic imine (C=N–C) groups is 1. The molecule has 1 aliphatic rings. The summed E-state index contributed by atoms with van der Waals surface area (Å²) in [6.07, 6.45) is 1.30. The number of esters is 1. The van der Waals surface area contributed by atoms with E-state index in [0.29, 0.717) is 11.3 Å². The van der Waals surface area contributed by atoms with E-state index < -0.39 is 10.9 Å². The van der Waals surface area contributed by atoms with E-state index in [9.17, 15) is 14.9 Å². The normalized spacial score (nSPS) is 15.0. The molecule has 30 heavy (non-hydrogen) atoms. The molecule has 1 heterocycles. The van der Waals surface area contributed by atoms with Crippen molar-refractivity contribution in [3.05, 3.63) is 68.9 Å². The summed E-state index contributed by atoms with van der Waals surface area (Å²) >= 11 is 0. The highest BCUT2D eigenvalue weighted by Crippen LogP contribution is 2.36. The zero-order valence-corrected chi connectivity index (χ0v) is 17.4. The van der Waals surface area contributed by atoms with Gasteiger partial charge in [-0.2, -0.15) is 0 Å². The zero-order valence-electron chi connectivity index (χ0n) is 17.4. The first-order valence-corrected chi connectivity index (χ1v) is 9.18. The van der Waals surface area contributed by atoms with E-state index in [1.165, 1.54) is 32.4 Å². The third-order valence-electron chi connectivity index (χ3n) is 4.64. The molecule has 0 aromatic heterocycles. The molecular formula is C22H22N2O6. The Morgan fingerprint density at radius 2 is 1.67 bits per heavy atom. The van der Waals surface area contributed by atoms with Gasteiger partial charge in [-0.1, -0.05) is 32.9 Å². The van der Waals surface area contributed by atoms with E-state index in [4.69, 9.17) is 14.2 Å². The molecule has 156 valence electrons. The fourth-order valence-corrected chi connectivity index (χ4v) is 2.95. The lowest BCUT2D eigenvalue weighted by Crippen LogP contribution is -2.11. The van der Waals surface area contributed by atoms with Gasteiger partial charge in [0.15, 0.2) is 17.2 Å². The third kappa shape index (κ3) is 4.17. The van der Waals surface area contributed by atoms with Gasteiger partial charge in [-0.15, -0.1) is 0 Å². The molecule has 0 aliphatic carbocycles. The molecular weight excluding hydrogens is 388 g/mol. The molecule has 3 rings (SSSR count). The fourth-order valence-electron chi connectivity index (χ4n) is 2.95. The minimum atomic E-state index is -0.686. The van der Waals surface area contributed by atoms with E-state index in [1.807, 2.05) is 24.3 Å². The number of cyclic esters (lactones) is 1. The molecule has 8 heteroatoms. The van der Waals surface area contributed by atoms with Crippen LogP contribution in [0, 0.1) is 10.1 Å². The second-order valence-corrected chi connectivity index (χ2v) is 7.69. The molecule has 0 saturated heterocycles. The standard InChI is InChI=1S/C22H22N2O6/c1-22(2,3)15-8-6-13(7-9-15)20-23-16(21(25)30-20)10-14-11-18(28-4)19(29-5)12-17(14)24(26)27/h6-12H,1-5H3/b16-10-. The van der Waals surface area contributed by atoms with Gasteiger partial charge in [0.05, 0.1) is 30.8 Å². The van der Waals surface area contributed by atoms with Crippen molar-refractivity contribution in [1.82, 2.24) is 0 Å². The lowest BCUT2D eigenvalue weighted by atomic mass is 9.87. The molecule has 1 aliphatic heterocycles. The van der Waals surface area contributed by atoms with Crippen LogP contribution < -0.4 is 9.47 Å². The zero-order chi connectivity index (χ0) is 22.1. The molecule has 0 radical (unpaired) electrons. The SMILES string of the molecule is COc1cc(/C=C2\N=C(c3ccc(C(C)(C)C)cc3)OC2=O)c([N+](=O)[O-])cc1OC. The summed E-state index contributed by atoms with van der Waals surface area (Å²) in [6, 6.07) is 10.2. The van der Waals surface area contributed by atoms with Gasteiger partial charge in [-0.25, -0.2) is 9.79 Å². The Balaban J connectivity index is 2.01. The van der Waals surface area contributed by atoms with Crippen molar-refractivity contribution < 1.29 is 23.9 Å². The van der Waals surface area contributed by atoms with E-state index in [1.54, 1.807) is 0 Å². The Morgan fingerprint density at radius 1 is 1.07 bits per heavy atom. The Morgan fingerprint density at radius 3 is 2.20 bits per heavy atom. The van der Waals surface area contributed by atoms with Crippen molar-refractivity contribution in [2.45, 2.75) is 26.2 Å². The van der Waals surface area contributed by atoms with Gasteiger partial charge in [0.1, 0.15) is 0 Å². The minimum absolute atomic E-state index is 0.00981. The van der Waals surface area contributed by atoms with Gasteiger partial charge in [-0.05, 0) is 35.3 Å². The van der Waals surface area contributed by atoms with Crippen LogP contribution in [0.5, 0.6) is 11.5 Å². The van der Waals surface area contributed by atoms with Crippen LogP contribution in [0.1, 0.15) is 37.5 Å². The van der Waals surface area contributed by atoms with E-state index >= 15 is 0 Å². The molecule has 2 aromatic carbocycles. The summed E-state index contributed by atoms with van der Waals surface area (Å²) in [5, 5.41) is 11.5. The van der Waals surface area contributed by atoms with Crippen LogP contribution in [0.15, 0.2) is 47.1 Å². The molecule has 0 N–H and O–H groups in total. The molecule has 0 atom stereocenters. The van der Waals surface area contributed by atoms with Crippen molar-refractivity contribution in [2.75, 3.05) is 14.2 Å². The topological polar surface area (TPSA) is 100 Å². The summed E-state index contributed by atoms with van der Waals surface area (Å²) in [7, 11) is 2.80. The Kier molecular flexibility index (Phi) is 5.60. The first-order chi connectivity index (χ1) is 14.1. The van der Waals surface area contributed by atoms with Crippen molar-refractivity contribution in [3.63, 3.8) is 0 Å². The maximum absolute atomic E-state index is 12.3. The van der Waals surface area contributed by atoms with Crippen LogP contribution in [0.4, 0.5) is 5.69 Å². The minimum Gasteiger partial charge on any atom is -0.493 e. The summed E-state index contributed by atoms with van der Waals surface area (Å²) in [6.45, 7) is 6.31. The number of nitrogens with zero attached hydrogens (tertiary/aromatic N) is 2. The summed E-state index contributed by atoms with van der Waals surface area (Å²) in [4.78, 5) is 27.5. The lowest BCUT2D eigenvalue weighted by Gasteiger charge is -2.18. The second-order valence-electron chi connectivity index (χ2n) is 7.69. The third-order valence-corrected chi connectivity index (χ3v) is 4.64. The van der Waals surface area contributed by atoms with Crippen molar-refractivity contribution >= 4 is 23.6 Å². The molecule has 8 nitrogen and oxygen atoms in total. The largest absolute Gasteiger partial charge is 0.493 e. The maximum atomic E-state index is 12.3. The van der Waals surface area contributed by atoms with Crippen LogP contribution in [-0.2, 0) is 14.9 Å². The average Bonchev–Trinajstić information content (AvgIpc) is 3.07. The average molecular weight is 410 g/mol. The number of benzene rings is 2. The van der Waals surface area contributed by atoms with Gasteiger partial charge in [0.25, 0.3) is 5.69 Å². The van der Waals surface area contributed by atoms with E-state index in [0.717, 1.165) is 5.56 Å². The van der Waals surface area contributed by atoms with Gasteiger partial charge >= 0.3 is 5.97 Å². The first-order valence-electron chi connectivity index (χ1n) is 9.18. The number of hydrogen-bond donors (Lipinski definition) is 0. The predicted molar refractivity (Wildman–Crippen MR) is 112 cm³/mol. The van der Waals surface area contributed by atoms with Gasteiger partial charge in [0.2, 0.25) is 5.90 Å². The number of nitro benzene ring substituents is 1. The maximum Gasteiger partial charge on any atom is 0.363 e. The molecule has 0 saturated carbocycles. The van der Waals surface area contributed by atoms with Crippen LogP contribution in [0.3, 0.4) is 0 Å². The fraction of sp³-hybridized carbons (Fsp3) is 0.273. The summed E-state index contributed by atoms with van der Waals surface area (Å²) in [5.41, 5.74) is 1.63. The Bertz CT molecular complexity index is 1060. The smallest absolute Gasteiger partial charge is 0.363 e. The van der Waals surface area contributed by atoms with Gasteiger partial charge in [-0.3, -0.25) is 10.1 Å². The van der Waals surface area contributed by atoms with Crippen molar-refractivity contribution in [2.24, 2.45) is 4.99 Å². The van der Waals surface area contributed by atoms with Crippen LogP contribution in [0.2, 0.25) is 0 Å². The van der Waals surface area contributed by atoms with Gasteiger partial charge in [0, 0.05) is 5.56 Å². The van der Waals surface area contributed by atoms with Crippen LogP contribution >= 0.6 is 0 Å². The summed E-state index contributed by atoms with van der Waals surface area (Å²) in [5.74, 6) is -0.0319. The number of carbonyl (C=O) groups is 1. The lowest BCUT2D eigenvalue weighted by molar-refractivity contribution is -0.385. The number of hydrogen-bond acceptors (Lipinski definition) is 7. The number of rotatable bonds is 5. The number of ether oxygens (including phenoxy) is 3. The highest BCUT2D eigenvalue weighted by molar-refractivity contribution is 6.13. The van der Waals surface area contributed by atoms with Crippen LogP contribution in [0.25, 0.3) is 6.08 Å². The molecule has 0 fully saturated rings. The molecule has 2 aromatic rings. The van der Waals surface area contributed by atoms with E-state index in [-0.39, 0.29) is 34.0 Å². The van der Waals surface area contributed by atoms with Crippen molar-refractivity contribution in [1.29, 1.82) is 0 Å². The number of nitro groups is 1. The number of carbonyl (C=O) groups excluding carboxylic acids is 1. The summed E-state index contributed by atoms with van der Waals surface area (Å²) < 4.78 is 15.6. The number of methoxy groups -OCH3 is 2. The second kappa shape index (κ2) is 7.98. The Hall–Kier alpha value is -3.68. The molecule has 0 amide bonds. The Labute approximate surface area is 173 Å². The predicted octanol–water partition coefficient (Wildman–Crippen LogP) is 4.25. The molecule has 0 unspecified atom stereocenters.